The number of alkyl halides is 3. The van der Waals surface area contributed by atoms with Crippen LogP contribution >= 0.6 is 0 Å². The van der Waals surface area contributed by atoms with Gasteiger partial charge in [-0.3, -0.25) is 24.4 Å². The van der Waals surface area contributed by atoms with E-state index >= 15 is 0 Å². The van der Waals surface area contributed by atoms with E-state index in [4.69, 9.17) is 0 Å². The van der Waals surface area contributed by atoms with Gasteiger partial charge in [-0.1, -0.05) is 0 Å². The molecule has 4 N–H and O–H groups in total. The van der Waals surface area contributed by atoms with Crippen molar-refractivity contribution in [2.45, 2.75) is 18.5 Å². The lowest BCUT2D eigenvalue weighted by molar-refractivity contribution is -0.137. The fourth-order valence-electron chi connectivity index (χ4n) is 2.60. The summed E-state index contributed by atoms with van der Waals surface area (Å²) in [4.78, 5) is 51.6. The van der Waals surface area contributed by atoms with Crippen molar-refractivity contribution in [1.29, 1.82) is 0 Å². The highest BCUT2D eigenvalue weighted by Gasteiger charge is 2.34. The van der Waals surface area contributed by atoms with Crippen molar-refractivity contribution < 1.29 is 22.8 Å². The second-order valence-electron chi connectivity index (χ2n) is 5.57. The third kappa shape index (κ3) is 3.36. The summed E-state index contributed by atoms with van der Waals surface area (Å²) >= 11 is 0. The minimum Gasteiger partial charge on any atom is -0.326 e. The van der Waals surface area contributed by atoms with Crippen LogP contribution in [0.3, 0.4) is 0 Å². The lowest BCUT2D eigenvalue weighted by Crippen LogP contribution is -2.39. The summed E-state index contributed by atoms with van der Waals surface area (Å²) in [7, 11) is 0. The molecule has 2 amide bonds. The molecule has 136 valence electrons. The number of aromatic nitrogens is 2. The van der Waals surface area contributed by atoms with Crippen LogP contribution in [0.5, 0.6) is 0 Å². The van der Waals surface area contributed by atoms with Gasteiger partial charge in [0.1, 0.15) is 5.82 Å². The minimum atomic E-state index is -4.51. The summed E-state index contributed by atoms with van der Waals surface area (Å²) in [5, 5.41) is 4.66. The van der Waals surface area contributed by atoms with E-state index in [-0.39, 0.29) is 23.5 Å². The fraction of sp³-hybridized carbons (Fsp3) is 0.200. The standard InChI is InChI=1S/C15H11F3N4O4/c16-15(17,18)6-1-3-7(4-2-6)19-12(24)8-5-9(23)20-11-10(8)13(25)22-14(26)21-11/h1-4,8H,5H2,(H,19,24)(H3,20,21,22,23,25,26). The molecule has 0 spiro atoms. The molecule has 1 aliphatic heterocycles. The SMILES string of the molecule is O=C1CC(C(=O)Nc2ccc(C(F)(F)F)cc2)c2c([nH]c(=O)[nH]c2=O)N1. The van der Waals surface area contributed by atoms with Crippen LogP contribution in [0.4, 0.5) is 24.7 Å². The van der Waals surface area contributed by atoms with Gasteiger partial charge in [-0.25, -0.2) is 4.79 Å². The molecule has 2 aromatic rings. The normalized spacial score (nSPS) is 16.6. The minimum absolute atomic E-state index is 0.0661. The summed E-state index contributed by atoms with van der Waals surface area (Å²) in [6.45, 7) is 0. The third-order valence-electron chi connectivity index (χ3n) is 3.78. The van der Waals surface area contributed by atoms with Gasteiger partial charge in [-0.15, -0.1) is 0 Å². The first kappa shape index (κ1) is 17.5. The number of carbonyl (C=O) groups excluding carboxylic acids is 2. The molecule has 0 bridgehead atoms. The van der Waals surface area contributed by atoms with Crippen molar-refractivity contribution in [3.63, 3.8) is 0 Å². The van der Waals surface area contributed by atoms with Crippen molar-refractivity contribution >= 4 is 23.3 Å². The van der Waals surface area contributed by atoms with E-state index in [1.165, 1.54) is 0 Å². The Kier molecular flexibility index (Phi) is 4.14. The fourth-order valence-corrected chi connectivity index (χ4v) is 2.60. The van der Waals surface area contributed by atoms with Gasteiger partial charge in [0, 0.05) is 12.1 Å². The molecule has 3 rings (SSSR count). The quantitative estimate of drug-likeness (QED) is 0.635. The Balaban J connectivity index is 1.88. The smallest absolute Gasteiger partial charge is 0.326 e. The summed E-state index contributed by atoms with van der Waals surface area (Å²) in [6, 6.07) is 3.70. The first-order valence-electron chi connectivity index (χ1n) is 7.29. The average molecular weight is 368 g/mol. The second-order valence-corrected chi connectivity index (χ2v) is 5.57. The molecule has 0 fully saturated rings. The van der Waals surface area contributed by atoms with Crippen molar-refractivity contribution in [2.75, 3.05) is 10.6 Å². The molecular formula is C15H11F3N4O4. The number of hydrogen-bond donors (Lipinski definition) is 4. The molecule has 0 saturated heterocycles. The maximum atomic E-state index is 12.6. The van der Waals surface area contributed by atoms with Gasteiger partial charge in [0.2, 0.25) is 11.8 Å². The van der Waals surface area contributed by atoms with Gasteiger partial charge in [0.25, 0.3) is 5.56 Å². The van der Waals surface area contributed by atoms with Crippen molar-refractivity contribution in [3.8, 4) is 0 Å². The molecule has 1 aromatic carbocycles. The van der Waals surface area contributed by atoms with E-state index in [0.717, 1.165) is 24.3 Å². The zero-order chi connectivity index (χ0) is 19.1. The van der Waals surface area contributed by atoms with Gasteiger partial charge in [-0.2, -0.15) is 13.2 Å². The Bertz CT molecular complexity index is 992. The van der Waals surface area contributed by atoms with Gasteiger partial charge in [-0.05, 0) is 24.3 Å². The van der Waals surface area contributed by atoms with Gasteiger partial charge < -0.3 is 10.6 Å². The number of aromatic amines is 2. The van der Waals surface area contributed by atoms with E-state index in [9.17, 15) is 32.3 Å². The summed E-state index contributed by atoms with van der Waals surface area (Å²) in [5.41, 5.74) is -2.63. The van der Waals surface area contributed by atoms with Crippen LogP contribution in [-0.4, -0.2) is 21.8 Å². The number of anilines is 2. The monoisotopic (exact) mass is 368 g/mol. The highest BCUT2D eigenvalue weighted by atomic mass is 19.4. The van der Waals surface area contributed by atoms with E-state index in [0.29, 0.717) is 0 Å². The first-order chi connectivity index (χ1) is 12.1. The Labute approximate surface area is 142 Å². The molecule has 1 aromatic heterocycles. The zero-order valence-electron chi connectivity index (χ0n) is 12.9. The molecule has 2 heterocycles. The van der Waals surface area contributed by atoms with Crippen LogP contribution in [0.25, 0.3) is 0 Å². The lowest BCUT2D eigenvalue weighted by atomic mass is 9.92. The van der Waals surface area contributed by atoms with E-state index in [1.807, 2.05) is 4.98 Å². The molecule has 8 nitrogen and oxygen atoms in total. The highest BCUT2D eigenvalue weighted by Crippen LogP contribution is 2.31. The molecule has 1 atom stereocenters. The van der Waals surface area contributed by atoms with Crippen molar-refractivity contribution in [1.82, 2.24) is 9.97 Å². The maximum absolute atomic E-state index is 12.6. The van der Waals surface area contributed by atoms with Crippen LogP contribution in [0.1, 0.15) is 23.5 Å². The Morgan fingerprint density at radius 3 is 2.35 bits per heavy atom. The molecule has 1 unspecified atom stereocenters. The van der Waals surface area contributed by atoms with Crippen LogP contribution in [0.2, 0.25) is 0 Å². The van der Waals surface area contributed by atoms with Gasteiger partial charge in [0.15, 0.2) is 0 Å². The van der Waals surface area contributed by atoms with E-state index in [1.54, 1.807) is 0 Å². The highest BCUT2D eigenvalue weighted by molar-refractivity contribution is 6.04. The van der Waals surface area contributed by atoms with Crippen LogP contribution in [0, 0.1) is 0 Å². The van der Waals surface area contributed by atoms with E-state index in [2.05, 4.69) is 15.6 Å². The van der Waals surface area contributed by atoms with E-state index < -0.39 is 40.7 Å². The molecule has 0 radical (unpaired) electrons. The van der Waals surface area contributed by atoms with Gasteiger partial charge in [0.05, 0.1) is 17.0 Å². The number of carbonyl (C=O) groups is 2. The molecule has 1 aliphatic rings. The van der Waals surface area contributed by atoms with Crippen LogP contribution < -0.4 is 21.9 Å². The molecular weight excluding hydrogens is 357 g/mol. The number of rotatable bonds is 2. The summed E-state index contributed by atoms with van der Waals surface area (Å²) < 4.78 is 37.7. The number of hydrogen-bond acceptors (Lipinski definition) is 4. The van der Waals surface area contributed by atoms with Gasteiger partial charge >= 0.3 is 11.9 Å². The number of H-pyrrole nitrogens is 2. The number of fused-ring (bicyclic) bond motifs is 1. The maximum Gasteiger partial charge on any atom is 0.416 e. The number of halogens is 3. The molecule has 26 heavy (non-hydrogen) atoms. The Morgan fingerprint density at radius 2 is 1.73 bits per heavy atom. The lowest BCUT2D eigenvalue weighted by Gasteiger charge is -2.23. The molecule has 11 heteroatoms. The Hall–Kier alpha value is -3.37. The Morgan fingerprint density at radius 1 is 1.08 bits per heavy atom. The largest absolute Gasteiger partial charge is 0.416 e. The predicted molar refractivity (Wildman–Crippen MR) is 83.7 cm³/mol. The number of nitrogens with one attached hydrogen (secondary N) is 4. The van der Waals surface area contributed by atoms with Crippen LogP contribution in [0.15, 0.2) is 33.9 Å². The van der Waals surface area contributed by atoms with Crippen molar-refractivity contribution in [2.24, 2.45) is 0 Å². The van der Waals surface area contributed by atoms with Crippen LogP contribution in [-0.2, 0) is 15.8 Å². The molecule has 0 saturated carbocycles. The third-order valence-corrected chi connectivity index (χ3v) is 3.78. The zero-order valence-corrected chi connectivity index (χ0v) is 12.9. The summed E-state index contributed by atoms with van der Waals surface area (Å²) in [5.74, 6) is -2.74. The summed E-state index contributed by atoms with van der Waals surface area (Å²) in [6.07, 6.45) is -4.86. The topological polar surface area (TPSA) is 124 Å². The van der Waals surface area contributed by atoms with Crippen molar-refractivity contribution in [3.05, 3.63) is 56.2 Å². The number of benzene rings is 1. The predicted octanol–water partition coefficient (Wildman–Crippen LogP) is 1.15. The first-order valence-corrected chi connectivity index (χ1v) is 7.29. The average Bonchev–Trinajstić information content (AvgIpc) is 2.53. The number of amides is 2. The second kappa shape index (κ2) is 6.17. The molecule has 0 aliphatic carbocycles.